The highest BCUT2D eigenvalue weighted by Crippen LogP contribution is 2.18. The summed E-state index contributed by atoms with van der Waals surface area (Å²) < 4.78 is 5.36. The molecule has 0 unspecified atom stereocenters. The standard InChI is InChI=1S/C24H34N6O3S/c31-22(25-7-4-8-28-13-15-33-16-14-28)18-29-9-11-30(12-10-29)23(32)21-19-34-24(27-21)26-17-20-5-2-1-3-6-20/h1-3,5-6,19H,4,7-18H2,(H,25,31)(H,26,27). The van der Waals surface area contributed by atoms with E-state index in [1.165, 1.54) is 16.9 Å². The number of hydrogen-bond donors (Lipinski definition) is 2. The van der Waals surface area contributed by atoms with Crippen LogP contribution in [0.15, 0.2) is 35.7 Å². The van der Waals surface area contributed by atoms with Crippen LogP contribution < -0.4 is 10.6 Å². The van der Waals surface area contributed by atoms with Gasteiger partial charge in [-0.3, -0.25) is 19.4 Å². The highest BCUT2D eigenvalue weighted by Gasteiger charge is 2.24. The van der Waals surface area contributed by atoms with Crippen molar-refractivity contribution in [1.82, 2.24) is 25.0 Å². The average molecular weight is 487 g/mol. The zero-order valence-corrected chi connectivity index (χ0v) is 20.4. The molecule has 0 radical (unpaired) electrons. The van der Waals surface area contributed by atoms with Crippen LogP contribution in [-0.2, 0) is 16.1 Å². The molecule has 3 heterocycles. The van der Waals surface area contributed by atoms with Gasteiger partial charge in [-0.15, -0.1) is 11.3 Å². The number of anilines is 1. The molecule has 10 heteroatoms. The Hall–Kier alpha value is -2.53. The third kappa shape index (κ3) is 7.49. The minimum atomic E-state index is -0.0452. The van der Waals surface area contributed by atoms with Crippen LogP contribution in [0.3, 0.4) is 0 Å². The molecule has 2 N–H and O–H groups in total. The maximum Gasteiger partial charge on any atom is 0.273 e. The Morgan fingerprint density at radius 3 is 2.53 bits per heavy atom. The van der Waals surface area contributed by atoms with E-state index >= 15 is 0 Å². The first kappa shape index (κ1) is 24.6. The molecule has 2 aliphatic heterocycles. The molecule has 1 aromatic carbocycles. The number of hydrogen-bond acceptors (Lipinski definition) is 8. The Kier molecular flexibility index (Phi) is 9.26. The minimum absolute atomic E-state index is 0.0452. The van der Waals surface area contributed by atoms with E-state index in [1.807, 2.05) is 28.5 Å². The number of piperazine rings is 1. The molecule has 0 aliphatic carbocycles. The van der Waals surface area contributed by atoms with Crippen molar-refractivity contribution >= 4 is 28.3 Å². The van der Waals surface area contributed by atoms with E-state index < -0.39 is 0 Å². The van der Waals surface area contributed by atoms with E-state index in [0.29, 0.717) is 51.5 Å². The Labute approximate surface area is 205 Å². The Bertz CT molecular complexity index is 910. The van der Waals surface area contributed by atoms with Crippen LogP contribution >= 0.6 is 11.3 Å². The molecular weight excluding hydrogens is 452 g/mol. The molecule has 0 saturated carbocycles. The summed E-state index contributed by atoms with van der Waals surface area (Å²) in [7, 11) is 0. The van der Waals surface area contributed by atoms with Crippen molar-refractivity contribution < 1.29 is 14.3 Å². The van der Waals surface area contributed by atoms with E-state index in [-0.39, 0.29) is 11.8 Å². The number of aromatic nitrogens is 1. The molecular formula is C24H34N6O3S. The lowest BCUT2D eigenvalue weighted by molar-refractivity contribution is -0.122. The summed E-state index contributed by atoms with van der Waals surface area (Å²) in [6.45, 7) is 8.88. The van der Waals surface area contributed by atoms with Crippen molar-refractivity contribution in [3.63, 3.8) is 0 Å². The van der Waals surface area contributed by atoms with Crippen LogP contribution in [0.5, 0.6) is 0 Å². The topological polar surface area (TPSA) is 90.0 Å². The fourth-order valence-electron chi connectivity index (χ4n) is 4.11. The van der Waals surface area contributed by atoms with Gasteiger partial charge in [0.15, 0.2) is 5.13 Å². The van der Waals surface area contributed by atoms with E-state index in [4.69, 9.17) is 4.74 Å². The van der Waals surface area contributed by atoms with Gasteiger partial charge in [0.2, 0.25) is 5.91 Å². The molecule has 2 aromatic rings. The summed E-state index contributed by atoms with van der Waals surface area (Å²) in [5.41, 5.74) is 1.65. The van der Waals surface area contributed by atoms with Gasteiger partial charge in [-0.1, -0.05) is 30.3 Å². The molecule has 184 valence electrons. The molecule has 0 spiro atoms. The molecule has 0 atom stereocenters. The lowest BCUT2D eigenvalue weighted by Crippen LogP contribution is -2.51. The first-order chi connectivity index (χ1) is 16.7. The number of amides is 2. The molecule has 34 heavy (non-hydrogen) atoms. The maximum atomic E-state index is 12.9. The summed E-state index contributed by atoms with van der Waals surface area (Å²) in [6, 6.07) is 10.1. The van der Waals surface area contributed by atoms with Crippen LogP contribution in [0.2, 0.25) is 0 Å². The van der Waals surface area contributed by atoms with Crippen molar-refractivity contribution in [1.29, 1.82) is 0 Å². The van der Waals surface area contributed by atoms with Crippen molar-refractivity contribution in [2.75, 3.05) is 77.4 Å². The first-order valence-corrected chi connectivity index (χ1v) is 12.9. The van der Waals surface area contributed by atoms with Gasteiger partial charge < -0.3 is 20.3 Å². The molecule has 1 aromatic heterocycles. The number of nitrogens with one attached hydrogen (secondary N) is 2. The number of thiazole rings is 1. The molecule has 2 saturated heterocycles. The maximum absolute atomic E-state index is 12.9. The van der Waals surface area contributed by atoms with Crippen LogP contribution in [0.1, 0.15) is 22.5 Å². The second-order valence-electron chi connectivity index (χ2n) is 8.60. The van der Waals surface area contributed by atoms with Gasteiger partial charge in [-0.25, -0.2) is 4.98 Å². The third-order valence-electron chi connectivity index (χ3n) is 6.11. The lowest BCUT2D eigenvalue weighted by Gasteiger charge is -2.34. The van der Waals surface area contributed by atoms with Gasteiger partial charge in [0.05, 0.1) is 19.8 Å². The van der Waals surface area contributed by atoms with Gasteiger partial charge in [-0.2, -0.15) is 0 Å². The molecule has 2 amide bonds. The lowest BCUT2D eigenvalue weighted by atomic mass is 10.2. The summed E-state index contributed by atoms with van der Waals surface area (Å²) >= 11 is 1.45. The van der Waals surface area contributed by atoms with Gasteiger partial charge in [-0.05, 0) is 18.5 Å². The summed E-state index contributed by atoms with van der Waals surface area (Å²) in [4.78, 5) is 35.9. The van der Waals surface area contributed by atoms with Crippen LogP contribution in [0.4, 0.5) is 5.13 Å². The first-order valence-electron chi connectivity index (χ1n) is 12.0. The Morgan fingerprint density at radius 2 is 1.76 bits per heavy atom. The second-order valence-corrected chi connectivity index (χ2v) is 9.46. The number of carbonyl (C=O) groups is 2. The van der Waals surface area contributed by atoms with Crippen LogP contribution in [0, 0.1) is 0 Å². The van der Waals surface area contributed by atoms with E-state index in [2.05, 4.69) is 37.6 Å². The predicted molar refractivity (Wildman–Crippen MR) is 133 cm³/mol. The predicted octanol–water partition coefficient (Wildman–Crippen LogP) is 1.35. The van der Waals surface area contributed by atoms with Crippen molar-refractivity contribution in [2.24, 2.45) is 0 Å². The molecule has 9 nitrogen and oxygen atoms in total. The summed E-state index contributed by atoms with van der Waals surface area (Å²) in [6.07, 6.45) is 0.948. The molecule has 2 fully saturated rings. The second kappa shape index (κ2) is 12.8. The Balaban J connectivity index is 1.12. The van der Waals surface area contributed by atoms with E-state index in [0.717, 1.165) is 44.4 Å². The summed E-state index contributed by atoms with van der Waals surface area (Å²) in [5.74, 6) is 0.00612. The number of benzene rings is 1. The van der Waals surface area contributed by atoms with Gasteiger partial charge in [0.1, 0.15) is 5.69 Å². The number of carbonyl (C=O) groups excluding carboxylic acids is 2. The van der Waals surface area contributed by atoms with Crippen LogP contribution in [0.25, 0.3) is 0 Å². The normalized spacial score (nSPS) is 17.5. The van der Waals surface area contributed by atoms with E-state index in [9.17, 15) is 9.59 Å². The largest absolute Gasteiger partial charge is 0.379 e. The van der Waals surface area contributed by atoms with E-state index in [1.54, 1.807) is 0 Å². The molecule has 2 aliphatic rings. The van der Waals surface area contributed by atoms with Crippen molar-refractivity contribution in [2.45, 2.75) is 13.0 Å². The van der Waals surface area contributed by atoms with Gasteiger partial charge >= 0.3 is 0 Å². The number of morpholine rings is 1. The van der Waals surface area contributed by atoms with Crippen molar-refractivity contribution in [3.05, 3.63) is 47.0 Å². The van der Waals surface area contributed by atoms with Crippen molar-refractivity contribution in [3.8, 4) is 0 Å². The quantitative estimate of drug-likeness (QED) is 0.490. The minimum Gasteiger partial charge on any atom is -0.379 e. The zero-order valence-electron chi connectivity index (χ0n) is 19.6. The summed E-state index contributed by atoms with van der Waals surface area (Å²) in [5, 5.41) is 8.86. The highest BCUT2D eigenvalue weighted by molar-refractivity contribution is 7.13. The number of nitrogens with zero attached hydrogens (tertiary/aromatic N) is 4. The third-order valence-corrected chi connectivity index (χ3v) is 6.91. The van der Waals surface area contributed by atoms with Crippen LogP contribution in [-0.4, -0.2) is 104 Å². The fourth-order valence-corrected chi connectivity index (χ4v) is 4.80. The molecule has 4 rings (SSSR count). The number of ether oxygens (including phenoxy) is 1. The Morgan fingerprint density at radius 1 is 1.00 bits per heavy atom. The highest BCUT2D eigenvalue weighted by atomic mass is 32.1. The zero-order chi connectivity index (χ0) is 23.6. The average Bonchev–Trinajstić information content (AvgIpc) is 3.36. The smallest absolute Gasteiger partial charge is 0.273 e. The SMILES string of the molecule is O=C(CN1CCN(C(=O)c2csc(NCc3ccccc3)n2)CC1)NCCCN1CCOCC1. The number of rotatable bonds is 10. The molecule has 0 bridgehead atoms. The monoisotopic (exact) mass is 486 g/mol. The fraction of sp³-hybridized carbons (Fsp3) is 0.542. The van der Waals surface area contributed by atoms with Gasteiger partial charge in [0, 0.05) is 57.7 Å². The van der Waals surface area contributed by atoms with Gasteiger partial charge in [0.25, 0.3) is 5.91 Å².